The molecule has 1 aromatic heterocycles. The summed E-state index contributed by atoms with van der Waals surface area (Å²) in [6, 6.07) is 7.30. The van der Waals surface area contributed by atoms with Gasteiger partial charge in [-0.2, -0.15) is 5.10 Å². The third-order valence-corrected chi connectivity index (χ3v) is 2.70. The van der Waals surface area contributed by atoms with Gasteiger partial charge in [-0.25, -0.2) is 4.68 Å². The Hall–Kier alpha value is -2.07. The molecule has 1 aromatic carbocycles. The van der Waals surface area contributed by atoms with Crippen LogP contribution in [-0.2, 0) is 13.0 Å². The van der Waals surface area contributed by atoms with Crippen LogP contribution < -0.4 is 5.32 Å². The molecular formula is C14H17N3O. The van der Waals surface area contributed by atoms with E-state index in [1.165, 1.54) is 5.56 Å². The molecule has 2 N–H and O–H groups in total. The number of phenols is 1. The van der Waals surface area contributed by atoms with Crippen LogP contribution in [0, 0.1) is 0 Å². The largest absolute Gasteiger partial charge is 0.508 e. The highest BCUT2D eigenvalue weighted by Crippen LogP contribution is 2.09. The summed E-state index contributed by atoms with van der Waals surface area (Å²) in [6.45, 7) is 5.34. The van der Waals surface area contributed by atoms with Crippen molar-refractivity contribution in [2.45, 2.75) is 13.0 Å². The van der Waals surface area contributed by atoms with Gasteiger partial charge in [-0.3, -0.25) is 0 Å². The number of rotatable bonds is 6. The SMILES string of the molecule is C=Cn1cc(CNCCc2ccc(O)cc2)cn1. The number of hydrogen-bond donors (Lipinski definition) is 2. The molecule has 0 aliphatic carbocycles. The fourth-order valence-electron chi connectivity index (χ4n) is 1.70. The van der Waals surface area contributed by atoms with Gasteiger partial charge in [0.1, 0.15) is 5.75 Å². The first-order valence-electron chi connectivity index (χ1n) is 5.92. The number of aromatic hydroxyl groups is 1. The quantitative estimate of drug-likeness (QED) is 0.763. The van der Waals surface area contributed by atoms with Gasteiger partial charge < -0.3 is 10.4 Å². The summed E-state index contributed by atoms with van der Waals surface area (Å²) in [5.41, 5.74) is 2.35. The highest BCUT2D eigenvalue weighted by molar-refractivity contribution is 5.26. The highest BCUT2D eigenvalue weighted by atomic mass is 16.3. The van der Waals surface area contributed by atoms with Gasteiger partial charge in [0.25, 0.3) is 0 Å². The minimum atomic E-state index is 0.309. The van der Waals surface area contributed by atoms with E-state index in [2.05, 4.69) is 17.0 Å². The Morgan fingerprint density at radius 2 is 2.06 bits per heavy atom. The van der Waals surface area contributed by atoms with Gasteiger partial charge in [0.05, 0.1) is 6.20 Å². The number of aromatic nitrogens is 2. The average molecular weight is 243 g/mol. The van der Waals surface area contributed by atoms with Crippen molar-refractivity contribution in [3.8, 4) is 5.75 Å². The summed E-state index contributed by atoms with van der Waals surface area (Å²) >= 11 is 0. The van der Waals surface area contributed by atoms with E-state index in [9.17, 15) is 0 Å². The predicted octanol–water partition coefficient (Wildman–Crippen LogP) is 2.02. The summed E-state index contributed by atoms with van der Waals surface area (Å²) in [7, 11) is 0. The van der Waals surface area contributed by atoms with Crippen molar-refractivity contribution >= 4 is 6.20 Å². The molecule has 0 saturated carbocycles. The Kier molecular flexibility index (Phi) is 4.15. The topological polar surface area (TPSA) is 50.1 Å². The molecule has 0 aliphatic heterocycles. The maximum absolute atomic E-state index is 9.17. The highest BCUT2D eigenvalue weighted by Gasteiger charge is 1.97. The van der Waals surface area contributed by atoms with E-state index in [1.54, 1.807) is 23.0 Å². The monoisotopic (exact) mass is 243 g/mol. The van der Waals surface area contributed by atoms with E-state index in [1.807, 2.05) is 24.5 Å². The van der Waals surface area contributed by atoms with Crippen LogP contribution in [0.1, 0.15) is 11.1 Å². The zero-order valence-electron chi connectivity index (χ0n) is 10.2. The van der Waals surface area contributed by atoms with E-state index in [-0.39, 0.29) is 0 Å². The van der Waals surface area contributed by atoms with E-state index in [4.69, 9.17) is 5.11 Å². The van der Waals surface area contributed by atoms with Crippen molar-refractivity contribution in [2.24, 2.45) is 0 Å². The summed E-state index contributed by atoms with van der Waals surface area (Å²) in [5.74, 6) is 0.309. The number of phenolic OH excluding ortho intramolecular Hbond substituents is 1. The minimum absolute atomic E-state index is 0.309. The molecular weight excluding hydrogens is 226 g/mol. The Bertz CT molecular complexity index is 502. The second-order valence-corrected chi connectivity index (χ2v) is 4.10. The maximum Gasteiger partial charge on any atom is 0.115 e. The van der Waals surface area contributed by atoms with E-state index in [0.29, 0.717) is 5.75 Å². The first-order chi connectivity index (χ1) is 8.78. The Labute approximate surface area is 107 Å². The summed E-state index contributed by atoms with van der Waals surface area (Å²) in [4.78, 5) is 0. The molecule has 0 unspecified atom stereocenters. The van der Waals surface area contributed by atoms with Crippen molar-refractivity contribution < 1.29 is 5.11 Å². The van der Waals surface area contributed by atoms with Gasteiger partial charge in [0, 0.05) is 24.5 Å². The number of benzene rings is 1. The fraction of sp³-hybridized carbons (Fsp3) is 0.214. The van der Waals surface area contributed by atoms with Crippen molar-refractivity contribution in [1.29, 1.82) is 0 Å². The Morgan fingerprint density at radius 3 is 2.72 bits per heavy atom. The first kappa shape index (κ1) is 12.4. The van der Waals surface area contributed by atoms with Crippen LogP contribution in [-0.4, -0.2) is 21.4 Å². The van der Waals surface area contributed by atoms with Gasteiger partial charge in [0.15, 0.2) is 0 Å². The van der Waals surface area contributed by atoms with E-state index in [0.717, 1.165) is 25.1 Å². The Balaban J connectivity index is 1.72. The lowest BCUT2D eigenvalue weighted by Crippen LogP contribution is -2.16. The van der Waals surface area contributed by atoms with Crippen molar-refractivity contribution in [3.63, 3.8) is 0 Å². The first-order valence-corrected chi connectivity index (χ1v) is 5.92. The van der Waals surface area contributed by atoms with Crippen molar-refractivity contribution in [3.05, 3.63) is 54.4 Å². The molecule has 0 atom stereocenters. The fourth-order valence-corrected chi connectivity index (χ4v) is 1.70. The average Bonchev–Trinajstić information content (AvgIpc) is 2.85. The van der Waals surface area contributed by atoms with Gasteiger partial charge in [-0.1, -0.05) is 18.7 Å². The molecule has 94 valence electrons. The molecule has 0 bridgehead atoms. The minimum Gasteiger partial charge on any atom is -0.508 e. The van der Waals surface area contributed by atoms with Crippen LogP contribution in [0.4, 0.5) is 0 Å². The molecule has 0 spiro atoms. The lowest BCUT2D eigenvalue weighted by atomic mass is 10.1. The molecule has 0 aliphatic rings. The molecule has 0 fully saturated rings. The van der Waals surface area contributed by atoms with Crippen LogP contribution in [0.15, 0.2) is 43.2 Å². The maximum atomic E-state index is 9.17. The standard InChI is InChI=1S/C14H17N3O/c1-2-17-11-13(10-16-17)9-15-8-7-12-3-5-14(18)6-4-12/h2-6,10-11,15,18H,1,7-9H2. The van der Waals surface area contributed by atoms with Crippen molar-refractivity contribution in [1.82, 2.24) is 15.1 Å². The van der Waals surface area contributed by atoms with E-state index >= 15 is 0 Å². The molecule has 0 amide bonds. The van der Waals surface area contributed by atoms with Crippen molar-refractivity contribution in [2.75, 3.05) is 6.54 Å². The van der Waals surface area contributed by atoms with Crippen LogP contribution in [0.2, 0.25) is 0 Å². The summed E-state index contributed by atoms with van der Waals surface area (Å²) in [6.07, 6.45) is 6.38. The molecule has 2 rings (SSSR count). The molecule has 4 heteroatoms. The van der Waals surface area contributed by atoms with Crippen LogP contribution >= 0.6 is 0 Å². The summed E-state index contributed by atoms with van der Waals surface area (Å²) < 4.78 is 1.69. The van der Waals surface area contributed by atoms with Gasteiger partial charge in [-0.05, 0) is 30.7 Å². The zero-order valence-corrected chi connectivity index (χ0v) is 10.2. The molecule has 1 heterocycles. The van der Waals surface area contributed by atoms with Crippen LogP contribution in [0.3, 0.4) is 0 Å². The smallest absolute Gasteiger partial charge is 0.115 e. The predicted molar refractivity (Wildman–Crippen MR) is 72.1 cm³/mol. The molecule has 0 saturated heterocycles. The second-order valence-electron chi connectivity index (χ2n) is 4.10. The number of hydrogen-bond acceptors (Lipinski definition) is 3. The lowest BCUT2D eigenvalue weighted by Gasteiger charge is -2.03. The third-order valence-electron chi connectivity index (χ3n) is 2.70. The third kappa shape index (κ3) is 3.46. The lowest BCUT2D eigenvalue weighted by molar-refractivity contribution is 0.475. The zero-order chi connectivity index (χ0) is 12.8. The molecule has 2 aromatic rings. The van der Waals surface area contributed by atoms with Gasteiger partial charge in [-0.15, -0.1) is 0 Å². The van der Waals surface area contributed by atoms with Gasteiger partial charge >= 0.3 is 0 Å². The number of nitrogens with zero attached hydrogens (tertiary/aromatic N) is 2. The number of nitrogens with one attached hydrogen (secondary N) is 1. The summed E-state index contributed by atoms with van der Waals surface area (Å²) in [5, 5.41) is 16.6. The molecule has 0 radical (unpaired) electrons. The van der Waals surface area contributed by atoms with Gasteiger partial charge in [0.2, 0.25) is 0 Å². The van der Waals surface area contributed by atoms with Crippen LogP contribution in [0.5, 0.6) is 5.75 Å². The molecule has 18 heavy (non-hydrogen) atoms. The Morgan fingerprint density at radius 1 is 1.28 bits per heavy atom. The second kappa shape index (κ2) is 6.02. The molecule has 4 nitrogen and oxygen atoms in total. The van der Waals surface area contributed by atoms with E-state index < -0.39 is 0 Å². The normalized spacial score (nSPS) is 10.4. The van der Waals surface area contributed by atoms with Crippen LogP contribution in [0.25, 0.3) is 6.20 Å².